The number of hydrogen-bond acceptors (Lipinski definition) is 4. The van der Waals surface area contributed by atoms with Gasteiger partial charge in [0.1, 0.15) is 17.5 Å². The molecule has 0 aromatic heterocycles. The Balaban J connectivity index is 2.40. The number of allylic oxidation sites excluding steroid dienone is 2. The minimum atomic E-state index is -0.256. The predicted octanol–water partition coefficient (Wildman–Crippen LogP) is 2.66. The first-order valence-electron chi connectivity index (χ1n) is 6.21. The SMILES string of the molecule is COc1ccc(N2C(C#N)=CCCC2C(C)=O)cc1. The third-order valence-electron chi connectivity index (χ3n) is 3.28. The molecule has 4 nitrogen and oxygen atoms in total. The van der Waals surface area contributed by atoms with E-state index in [-0.39, 0.29) is 11.8 Å². The van der Waals surface area contributed by atoms with Crippen molar-refractivity contribution in [1.82, 2.24) is 0 Å². The predicted molar refractivity (Wildman–Crippen MR) is 72.9 cm³/mol. The Morgan fingerprint density at radius 3 is 2.63 bits per heavy atom. The lowest BCUT2D eigenvalue weighted by Crippen LogP contribution is -2.41. The van der Waals surface area contributed by atoms with Gasteiger partial charge in [-0.2, -0.15) is 5.26 Å². The molecule has 0 N–H and O–H groups in total. The van der Waals surface area contributed by atoms with Crippen molar-refractivity contribution in [2.75, 3.05) is 12.0 Å². The summed E-state index contributed by atoms with van der Waals surface area (Å²) in [4.78, 5) is 13.6. The smallest absolute Gasteiger partial charge is 0.152 e. The van der Waals surface area contributed by atoms with E-state index < -0.39 is 0 Å². The van der Waals surface area contributed by atoms with Crippen LogP contribution in [0, 0.1) is 11.3 Å². The summed E-state index contributed by atoms with van der Waals surface area (Å²) in [6, 6.07) is 9.30. The Kier molecular flexibility index (Phi) is 3.86. The van der Waals surface area contributed by atoms with Gasteiger partial charge in [0, 0.05) is 5.69 Å². The van der Waals surface area contributed by atoms with Crippen LogP contribution in [0.4, 0.5) is 5.69 Å². The van der Waals surface area contributed by atoms with Crippen molar-refractivity contribution in [3.8, 4) is 11.8 Å². The minimum absolute atomic E-state index is 0.0802. The molecule has 1 aromatic rings. The summed E-state index contributed by atoms with van der Waals surface area (Å²) in [6.45, 7) is 1.57. The molecule has 1 heterocycles. The van der Waals surface area contributed by atoms with E-state index in [1.807, 2.05) is 35.2 Å². The van der Waals surface area contributed by atoms with E-state index in [1.54, 1.807) is 14.0 Å². The van der Waals surface area contributed by atoms with Crippen LogP contribution in [-0.2, 0) is 4.79 Å². The maximum atomic E-state index is 11.8. The summed E-state index contributed by atoms with van der Waals surface area (Å²) in [6.07, 6.45) is 3.38. The molecule has 0 aliphatic carbocycles. The number of anilines is 1. The number of rotatable bonds is 3. The molecule has 1 aromatic carbocycles. The summed E-state index contributed by atoms with van der Waals surface area (Å²) in [7, 11) is 1.61. The van der Waals surface area contributed by atoms with Crippen molar-refractivity contribution in [3.63, 3.8) is 0 Å². The van der Waals surface area contributed by atoms with Gasteiger partial charge in [0.05, 0.1) is 13.2 Å². The number of nitrogens with zero attached hydrogens (tertiary/aromatic N) is 2. The zero-order valence-electron chi connectivity index (χ0n) is 11.1. The van der Waals surface area contributed by atoms with Gasteiger partial charge in [0.25, 0.3) is 0 Å². The van der Waals surface area contributed by atoms with Gasteiger partial charge >= 0.3 is 0 Å². The number of Topliss-reactive ketones (excluding diaryl/α,β-unsaturated/α-hetero) is 1. The fraction of sp³-hybridized carbons (Fsp3) is 0.333. The van der Waals surface area contributed by atoms with E-state index in [0.717, 1.165) is 24.3 Å². The summed E-state index contributed by atoms with van der Waals surface area (Å²) >= 11 is 0. The van der Waals surface area contributed by atoms with Crippen molar-refractivity contribution in [1.29, 1.82) is 5.26 Å². The lowest BCUT2D eigenvalue weighted by molar-refractivity contribution is -0.118. The van der Waals surface area contributed by atoms with Crippen LogP contribution in [0.15, 0.2) is 36.0 Å². The van der Waals surface area contributed by atoms with Crippen LogP contribution in [0.1, 0.15) is 19.8 Å². The molecule has 0 radical (unpaired) electrons. The highest BCUT2D eigenvalue weighted by Crippen LogP contribution is 2.30. The molecule has 19 heavy (non-hydrogen) atoms. The molecular formula is C15H16N2O2. The molecule has 1 aliphatic heterocycles. The number of benzene rings is 1. The molecule has 0 bridgehead atoms. The second-order valence-corrected chi connectivity index (χ2v) is 4.47. The van der Waals surface area contributed by atoms with Crippen LogP contribution in [-0.4, -0.2) is 18.9 Å². The van der Waals surface area contributed by atoms with Gasteiger partial charge in [-0.05, 0) is 50.1 Å². The van der Waals surface area contributed by atoms with Gasteiger partial charge in [-0.15, -0.1) is 0 Å². The Morgan fingerprint density at radius 1 is 1.42 bits per heavy atom. The van der Waals surface area contributed by atoms with Crippen LogP contribution in [0.25, 0.3) is 0 Å². The highest BCUT2D eigenvalue weighted by atomic mass is 16.5. The topological polar surface area (TPSA) is 53.3 Å². The fourth-order valence-electron chi connectivity index (χ4n) is 2.32. The van der Waals surface area contributed by atoms with Crippen LogP contribution < -0.4 is 9.64 Å². The third kappa shape index (κ3) is 2.60. The Bertz CT molecular complexity index is 540. The van der Waals surface area contributed by atoms with Gasteiger partial charge in [0.15, 0.2) is 5.78 Å². The number of ether oxygens (including phenoxy) is 1. The number of carbonyl (C=O) groups is 1. The maximum Gasteiger partial charge on any atom is 0.152 e. The molecule has 4 heteroatoms. The van der Waals surface area contributed by atoms with Gasteiger partial charge in [-0.1, -0.05) is 0 Å². The molecular weight excluding hydrogens is 240 g/mol. The van der Waals surface area contributed by atoms with Crippen LogP contribution in [0.5, 0.6) is 5.75 Å². The first kappa shape index (κ1) is 13.2. The normalized spacial score (nSPS) is 18.5. The molecule has 0 saturated carbocycles. The van der Waals surface area contributed by atoms with Crippen molar-refractivity contribution in [2.45, 2.75) is 25.8 Å². The molecule has 0 saturated heterocycles. The summed E-state index contributed by atoms with van der Waals surface area (Å²) in [5, 5.41) is 9.23. The van der Waals surface area contributed by atoms with Crippen molar-refractivity contribution in [2.24, 2.45) is 0 Å². The first-order valence-corrected chi connectivity index (χ1v) is 6.21. The Hall–Kier alpha value is -2.28. The van der Waals surface area contributed by atoms with E-state index in [9.17, 15) is 10.1 Å². The lowest BCUT2D eigenvalue weighted by atomic mass is 9.99. The molecule has 1 aliphatic rings. The summed E-state index contributed by atoms with van der Waals surface area (Å²) in [5.74, 6) is 0.833. The van der Waals surface area contributed by atoms with E-state index in [0.29, 0.717) is 5.70 Å². The number of nitriles is 1. The molecule has 1 atom stereocenters. The van der Waals surface area contributed by atoms with Crippen LogP contribution in [0.3, 0.4) is 0 Å². The van der Waals surface area contributed by atoms with E-state index in [1.165, 1.54) is 0 Å². The van der Waals surface area contributed by atoms with Gasteiger partial charge in [-0.3, -0.25) is 4.79 Å². The number of ketones is 1. The summed E-state index contributed by atoms with van der Waals surface area (Å²) < 4.78 is 5.12. The minimum Gasteiger partial charge on any atom is -0.497 e. The fourth-order valence-corrected chi connectivity index (χ4v) is 2.32. The number of carbonyl (C=O) groups excluding carboxylic acids is 1. The van der Waals surface area contributed by atoms with Crippen LogP contribution >= 0.6 is 0 Å². The highest BCUT2D eigenvalue weighted by molar-refractivity contribution is 5.87. The monoisotopic (exact) mass is 256 g/mol. The lowest BCUT2D eigenvalue weighted by Gasteiger charge is -2.34. The Morgan fingerprint density at radius 2 is 2.11 bits per heavy atom. The molecule has 0 spiro atoms. The van der Waals surface area contributed by atoms with Gasteiger partial charge in [0.2, 0.25) is 0 Å². The average molecular weight is 256 g/mol. The molecule has 1 unspecified atom stereocenters. The number of methoxy groups -OCH3 is 1. The molecule has 0 amide bonds. The van der Waals surface area contributed by atoms with Gasteiger partial charge < -0.3 is 9.64 Å². The second kappa shape index (κ2) is 5.57. The zero-order valence-corrected chi connectivity index (χ0v) is 11.1. The molecule has 2 rings (SSSR count). The van der Waals surface area contributed by atoms with Crippen LogP contribution in [0.2, 0.25) is 0 Å². The summed E-state index contributed by atoms with van der Waals surface area (Å²) in [5.41, 5.74) is 1.38. The van der Waals surface area contributed by atoms with Crippen molar-refractivity contribution >= 4 is 11.5 Å². The molecule has 98 valence electrons. The van der Waals surface area contributed by atoms with E-state index in [4.69, 9.17) is 4.74 Å². The third-order valence-corrected chi connectivity index (χ3v) is 3.28. The largest absolute Gasteiger partial charge is 0.497 e. The maximum absolute atomic E-state index is 11.8. The Labute approximate surface area is 112 Å². The standard InChI is InChI=1S/C15H16N2O2/c1-11(18)15-5-3-4-13(10-16)17(15)12-6-8-14(19-2)9-7-12/h4,6-9,15H,3,5H2,1-2H3. The quantitative estimate of drug-likeness (QED) is 0.834. The van der Waals surface area contributed by atoms with E-state index in [2.05, 4.69) is 6.07 Å². The number of hydrogen-bond donors (Lipinski definition) is 0. The zero-order chi connectivity index (χ0) is 13.8. The van der Waals surface area contributed by atoms with Crippen molar-refractivity contribution in [3.05, 3.63) is 36.0 Å². The second-order valence-electron chi connectivity index (χ2n) is 4.47. The first-order chi connectivity index (χ1) is 9.17. The highest BCUT2D eigenvalue weighted by Gasteiger charge is 2.28. The van der Waals surface area contributed by atoms with Gasteiger partial charge in [-0.25, -0.2) is 0 Å². The van der Waals surface area contributed by atoms with E-state index >= 15 is 0 Å². The molecule has 0 fully saturated rings. The van der Waals surface area contributed by atoms with Crippen molar-refractivity contribution < 1.29 is 9.53 Å². The average Bonchev–Trinajstić information content (AvgIpc) is 2.46.